The molecule has 0 N–H and O–H groups in total. The lowest BCUT2D eigenvalue weighted by Gasteiger charge is -2.38. The smallest absolute Gasteiger partial charge is 0.178 e. The van der Waals surface area contributed by atoms with Crippen molar-refractivity contribution in [3.8, 4) is 11.5 Å². The van der Waals surface area contributed by atoms with E-state index in [1.54, 1.807) is 0 Å². The van der Waals surface area contributed by atoms with E-state index in [-0.39, 0.29) is 0 Å². The van der Waals surface area contributed by atoms with Gasteiger partial charge in [0.15, 0.2) is 17.1 Å². The number of rotatable bonds is 4. The third-order valence-corrected chi connectivity index (χ3v) is 8.34. The summed E-state index contributed by atoms with van der Waals surface area (Å²) in [6.07, 6.45) is 8.67. The minimum absolute atomic E-state index is 0.733. The van der Waals surface area contributed by atoms with Gasteiger partial charge in [-0.3, -0.25) is 0 Å². The van der Waals surface area contributed by atoms with Crippen molar-refractivity contribution in [2.75, 3.05) is 0 Å². The van der Waals surface area contributed by atoms with Crippen LogP contribution in [0, 0.1) is 0 Å². The molecule has 0 spiro atoms. The Labute approximate surface area is 251 Å². The van der Waals surface area contributed by atoms with Gasteiger partial charge in [-0.1, -0.05) is 146 Å². The normalized spacial score (nSPS) is 14.4. The molecular weight excluding hydrogens is 524 g/mol. The van der Waals surface area contributed by atoms with E-state index in [4.69, 9.17) is 9.47 Å². The molecule has 8 rings (SSSR count). The molecule has 43 heavy (non-hydrogen) atoms. The number of fused-ring (bicyclic) bond motifs is 6. The van der Waals surface area contributed by atoms with Crippen LogP contribution in [0.2, 0.25) is 0 Å². The van der Waals surface area contributed by atoms with Crippen LogP contribution >= 0.6 is 0 Å². The van der Waals surface area contributed by atoms with Gasteiger partial charge in [-0.15, -0.1) is 0 Å². The summed E-state index contributed by atoms with van der Waals surface area (Å²) >= 11 is 0. The highest BCUT2D eigenvalue weighted by atomic mass is 16.5. The molecule has 0 saturated heterocycles. The lowest BCUT2D eigenvalue weighted by atomic mass is 9.82. The second-order valence-corrected chi connectivity index (χ2v) is 10.8. The molecule has 0 unspecified atom stereocenters. The maximum absolute atomic E-state index is 7.27. The summed E-state index contributed by atoms with van der Waals surface area (Å²) in [4.78, 5) is 0. The highest BCUT2D eigenvalue weighted by molar-refractivity contribution is 6.03. The summed E-state index contributed by atoms with van der Waals surface area (Å²) in [7, 11) is 0. The third kappa shape index (κ3) is 4.19. The molecule has 0 fully saturated rings. The maximum Gasteiger partial charge on any atom is 0.178 e. The first-order valence-corrected chi connectivity index (χ1v) is 14.6. The van der Waals surface area contributed by atoms with E-state index in [0.29, 0.717) is 0 Å². The number of hydrogen-bond donors (Lipinski definition) is 0. The summed E-state index contributed by atoms with van der Waals surface area (Å²) in [5, 5.41) is 2.27. The van der Waals surface area contributed by atoms with Crippen LogP contribution in [-0.4, -0.2) is 0 Å². The molecule has 2 nitrogen and oxygen atoms in total. The second kappa shape index (κ2) is 10.3. The number of hydrogen-bond acceptors (Lipinski definition) is 2. The number of ether oxygens (including phenoxy) is 2. The summed E-state index contributed by atoms with van der Waals surface area (Å²) in [5.41, 5.74) is 6.56. The van der Waals surface area contributed by atoms with Gasteiger partial charge in [0.1, 0.15) is 5.76 Å². The molecule has 2 heteroatoms. The van der Waals surface area contributed by atoms with Crippen LogP contribution in [0.4, 0.5) is 0 Å². The number of benzene rings is 6. The highest BCUT2D eigenvalue weighted by Crippen LogP contribution is 2.52. The molecule has 0 aromatic heterocycles. The zero-order valence-corrected chi connectivity index (χ0v) is 23.5. The monoisotopic (exact) mass is 552 g/mol. The zero-order valence-electron chi connectivity index (χ0n) is 23.5. The topological polar surface area (TPSA) is 18.5 Å². The fraction of sp³-hybridized carbons (Fsp3) is 0.0244. The Morgan fingerprint density at radius 1 is 0.442 bits per heavy atom. The van der Waals surface area contributed by atoms with Crippen LogP contribution in [0.3, 0.4) is 0 Å². The van der Waals surface area contributed by atoms with Gasteiger partial charge >= 0.3 is 0 Å². The van der Waals surface area contributed by atoms with Crippen molar-refractivity contribution < 1.29 is 9.47 Å². The molecule has 0 saturated carbocycles. The molecule has 2 heterocycles. The van der Waals surface area contributed by atoms with Gasteiger partial charge in [0.2, 0.25) is 0 Å². The third-order valence-electron chi connectivity index (χ3n) is 8.34. The van der Waals surface area contributed by atoms with Crippen LogP contribution < -0.4 is 9.47 Å². The largest absolute Gasteiger partial charge is 0.469 e. The zero-order chi connectivity index (χ0) is 28.6. The molecule has 0 atom stereocenters. The minimum atomic E-state index is -0.818. The van der Waals surface area contributed by atoms with Crippen molar-refractivity contribution in [1.29, 1.82) is 0 Å². The summed E-state index contributed by atoms with van der Waals surface area (Å²) in [6.45, 7) is 0. The summed E-state index contributed by atoms with van der Waals surface area (Å²) in [6, 6.07) is 50.2. The SMILES string of the molecule is C1=Cc2c(c3c(c4ccccc24)C=CC(c2ccccc2)(c2ccccc2)O3)OC1=C(c1ccccc1)c1ccccc1. The predicted molar refractivity (Wildman–Crippen MR) is 176 cm³/mol. The van der Waals surface area contributed by atoms with Crippen LogP contribution in [0.25, 0.3) is 28.5 Å². The van der Waals surface area contributed by atoms with Crippen molar-refractivity contribution >= 4 is 28.5 Å². The molecule has 0 aliphatic carbocycles. The van der Waals surface area contributed by atoms with Crippen molar-refractivity contribution in [3.05, 3.63) is 197 Å². The molecule has 2 aliphatic rings. The molecule has 6 aromatic rings. The Morgan fingerprint density at radius 3 is 1.44 bits per heavy atom. The Balaban J connectivity index is 1.39. The Kier molecular flexibility index (Phi) is 6.05. The van der Waals surface area contributed by atoms with Crippen LogP contribution in [0.1, 0.15) is 33.4 Å². The van der Waals surface area contributed by atoms with Crippen molar-refractivity contribution in [3.63, 3.8) is 0 Å². The highest BCUT2D eigenvalue weighted by Gasteiger charge is 2.40. The van der Waals surface area contributed by atoms with Crippen LogP contribution in [0.15, 0.2) is 164 Å². The summed E-state index contributed by atoms with van der Waals surface area (Å²) in [5.74, 6) is 2.26. The van der Waals surface area contributed by atoms with Crippen molar-refractivity contribution in [2.24, 2.45) is 0 Å². The van der Waals surface area contributed by atoms with Crippen LogP contribution in [-0.2, 0) is 5.60 Å². The molecule has 2 aliphatic heterocycles. The molecule has 0 bridgehead atoms. The fourth-order valence-electron chi connectivity index (χ4n) is 6.32. The van der Waals surface area contributed by atoms with Gasteiger partial charge in [0.05, 0.1) is 0 Å². The van der Waals surface area contributed by atoms with Gasteiger partial charge in [-0.25, -0.2) is 0 Å². The quantitative estimate of drug-likeness (QED) is 0.217. The van der Waals surface area contributed by atoms with E-state index < -0.39 is 5.60 Å². The first-order valence-electron chi connectivity index (χ1n) is 14.6. The van der Waals surface area contributed by atoms with E-state index in [1.165, 1.54) is 0 Å². The minimum Gasteiger partial charge on any atom is -0.469 e. The van der Waals surface area contributed by atoms with E-state index in [0.717, 1.165) is 67.0 Å². The number of allylic oxidation sites excluding steroid dienone is 1. The van der Waals surface area contributed by atoms with E-state index in [1.807, 2.05) is 24.3 Å². The van der Waals surface area contributed by atoms with E-state index in [9.17, 15) is 0 Å². The lowest BCUT2D eigenvalue weighted by molar-refractivity contribution is 0.155. The summed E-state index contributed by atoms with van der Waals surface area (Å²) < 4.78 is 14.3. The van der Waals surface area contributed by atoms with Crippen LogP contribution in [0.5, 0.6) is 11.5 Å². The van der Waals surface area contributed by atoms with Gasteiger partial charge < -0.3 is 9.47 Å². The molecule has 204 valence electrons. The van der Waals surface area contributed by atoms with Gasteiger partial charge in [0, 0.05) is 27.8 Å². The molecule has 0 amide bonds. The molecule has 6 aromatic carbocycles. The first-order chi connectivity index (χ1) is 21.3. The molecule has 0 radical (unpaired) electrons. The Morgan fingerprint density at radius 2 is 0.907 bits per heavy atom. The fourth-order valence-corrected chi connectivity index (χ4v) is 6.32. The molecular formula is C41H28O2. The standard InChI is InChI=1S/C41H28O2/c1-5-15-29(16-6-1)38(30-17-7-2-8-18-30)37-26-25-35-33-23-13-14-24-34(33)36-27-28-41(31-19-9-3-10-20-31,32-21-11-4-12-22-32)43-40(36)39(35)42-37/h1-28H. The first kappa shape index (κ1) is 25.1. The maximum atomic E-state index is 7.27. The average Bonchev–Trinajstić information content (AvgIpc) is 3.10. The van der Waals surface area contributed by atoms with E-state index in [2.05, 4.69) is 146 Å². The van der Waals surface area contributed by atoms with Gasteiger partial charge in [0.25, 0.3) is 0 Å². The van der Waals surface area contributed by atoms with Gasteiger partial charge in [-0.05, 0) is 46.2 Å². The van der Waals surface area contributed by atoms with E-state index >= 15 is 0 Å². The Hall–Kier alpha value is -5.60. The Bertz CT molecular complexity index is 1960. The average molecular weight is 553 g/mol. The predicted octanol–water partition coefficient (Wildman–Crippen LogP) is 10.1. The second-order valence-electron chi connectivity index (χ2n) is 10.8. The lowest BCUT2D eigenvalue weighted by Crippen LogP contribution is -2.34. The van der Waals surface area contributed by atoms with Crippen molar-refractivity contribution in [2.45, 2.75) is 5.60 Å². The van der Waals surface area contributed by atoms with Gasteiger partial charge in [-0.2, -0.15) is 0 Å². The van der Waals surface area contributed by atoms with Crippen molar-refractivity contribution in [1.82, 2.24) is 0 Å².